The van der Waals surface area contributed by atoms with E-state index < -0.39 is 11.5 Å². The van der Waals surface area contributed by atoms with E-state index in [4.69, 9.17) is 5.11 Å². The Labute approximate surface area is 98.3 Å². The van der Waals surface area contributed by atoms with Crippen LogP contribution in [0, 0.1) is 0 Å². The monoisotopic (exact) mass is 238 g/mol. The maximum Gasteiger partial charge on any atom is 0.328 e. The molecule has 0 atom stereocenters. The third-order valence-electron chi connectivity index (χ3n) is 3.44. The number of carboxylic acid groups (broad SMARTS) is 1. The van der Waals surface area contributed by atoms with Crippen molar-refractivity contribution in [3.63, 3.8) is 0 Å². The average Bonchev–Trinajstić information content (AvgIpc) is 2.47. The fraction of sp³-hybridized carbons (Fsp3) is 0.545. The molecule has 6 nitrogen and oxygen atoms in total. The van der Waals surface area contributed by atoms with Crippen LogP contribution < -0.4 is 5.32 Å². The van der Waals surface area contributed by atoms with Gasteiger partial charge in [-0.25, -0.2) is 9.59 Å². The highest BCUT2D eigenvalue weighted by Crippen LogP contribution is 2.35. The summed E-state index contributed by atoms with van der Waals surface area (Å²) in [6.45, 7) is 0. The van der Waals surface area contributed by atoms with Gasteiger partial charge in [-0.2, -0.15) is 0 Å². The Morgan fingerprint density at radius 2 is 2.00 bits per heavy atom. The van der Waals surface area contributed by atoms with Crippen LogP contribution in [0.4, 0.5) is 4.79 Å². The number of nitrogens with one attached hydrogen (secondary N) is 1. The van der Waals surface area contributed by atoms with E-state index in [0.29, 0.717) is 25.7 Å². The third-order valence-corrected chi connectivity index (χ3v) is 3.44. The molecule has 1 saturated carbocycles. The molecule has 3 amide bonds. The molecule has 2 rings (SSSR count). The predicted octanol–water partition coefficient (Wildman–Crippen LogP) is 0.492. The molecule has 0 aromatic rings. The number of urea groups is 1. The van der Waals surface area contributed by atoms with Gasteiger partial charge in [0.1, 0.15) is 5.54 Å². The van der Waals surface area contributed by atoms with Crippen molar-refractivity contribution in [2.24, 2.45) is 0 Å². The zero-order valence-corrected chi connectivity index (χ0v) is 9.52. The number of allylic oxidation sites excluding steroid dienone is 1. The number of rotatable bonds is 1. The largest absolute Gasteiger partial charge is 0.478 e. The van der Waals surface area contributed by atoms with Crippen molar-refractivity contribution in [1.82, 2.24) is 10.2 Å². The Hall–Kier alpha value is -1.85. The van der Waals surface area contributed by atoms with Crippen LogP contribution in [0.15, 0.2) is 11.6 Å². The molecule has 1 saturated heterocycles. The average molecular weight is 238 g/mol. The summed E-state index contributed by atoms with van der Waals surface area (Å²) in [6.07, 6.45) is 3.21. The van der Waals surface area contributed by atoms with Crippen LogP contribution in [0.1, 0.15) is 25.7 Å². The Balaban J connectivity index is 2.11. The van der Waals surface area contributed by atoms with Crippen molar-refractivity contribution in [1.29, 1.82) is 0 Å². The summed E-state index contributed by atoms with van der Waals surface area (Å²) in [7, 11) is 1.45. The molecular formula is C11H14N2O4. The maximum absolute atomic E-state index is 11.9. The quantitative estimate of drug-likeness (QED) is 0.514. The van der Waals surface area contributed by atoms with E-state index in [2.05, 4.69) is 5.32 Å². The molecule has 0 aromatic carbocycles. The van der Waals surface area contributed by atoms with Crippen molar-refractivity contribution in [3.05, 3.63) is 11.6 Å². The number of amides is 3. The Bertz CT molecular complexity index is 417. The van der Waals surface area contributed by atoms with Crippen LogP contribution in [0.5, 0.6) is 0 Å². The second-order valence-electron chi connectivity index (χ2n) is 4.52. The molecule has 92 valence electrons. The molecule has 1 heterocycles. The lowest BCUT2D eigenvalue weighted by molar-refractivity contribution is -0.131. The number of carboxylic acids is 1. The van der Waals surface area contributed by atoms with Crippen LogP contribution in [-0.4, -0.2) is 40.5 Å². The molecular weight excluding hydrogens is 224 g/mol. The first-order valence-corrected chi connectivity index (χ1v) is 5.47. The maximum atomic E-state index is 11.9. The second-order valence-corrected chi connectivity index (χ2v) is 4.52. The van der Waals surface area contributed by atoms with Gasteiger partial charge in [-0.05, 0) is 25.7 Å². The van der Waals surface area contributed by atoms with Crippen LogP contribution >= 0.6 is 0 Å². The van der Waals surface area contributed by atoms with E-state index in [1.54, 1.807) is 0 Å². The van der Waals surface area contributed by atoms with Gasteiger partial charge >= 0.3 is 12.0 Å². The minimum absolute atomic E-state index is 0.211. The van der Waals surface area contributed by atoms with Crippen molar-refractivity contribution < 1.29 is 19.5 Å². The highest BCUT2D eigenvalue weighted by Gasteiger charge is 2.50. The molecule has 1 aliphatic carbocycles. The summed E-state index contributed by atoms with van der Waals surface area (Å²) < 4.78 is 0. The molecule has 2 aliphatic rings. The van der Waals surface area contributed by atoms with E-state index in [9.17, 15) is 14.4 Å². The van der Waals surface area contributed by atoms with Gasteiger partial charge < -0.3 is 10.4 Å². The number of hydrogen-bond donors (Lipinski definition) is 2. The van der Waals surface area contributed by atoms with E-state index in [1.165, 1.54) is 13.1 Å². The Kier molecular flexibility index (Phi) is 2.65. The molecule has 2 N–H and O–H groups in total. The van der Waals surface area contributed by atoms with Crippen LogP contribution in [0.3, 0.4) is 0 Å². The minimum atomic E-state index is -0.963. The van der Waals surface area contributed by atoms with Crippen molar-refractivity contribution in [3.8, 4) is 0 Å². The van der Waals surface area contributed by atoms with Gasteiger partial charge in [0.25, 0.3) is 5.91 Å². The van der Waals surface area contributed by atoms with E-state index in [1.807, 2.05) is 0 Å². The molecule has 2 fully saturated rings. The second kappa shape index (κ2) is 3.87. The molecule has 0 radical (unpaired) electrons. The minimum Gasteiger partial charge on any atom is -0.478 e. The SMILES string of the molecule is CN1C(=O)NC2(CCC(=CC(=O)O)CC2)C1=O. The van der Waals surface area contributed by atoms with Gasteiger partial charge in [-0.1, -0.05) is 5.57 Å². The number of aliphatic carboxylic acids is 1. The summed E-state index contributed by atoms with van der Waals surface area (Å²) >= 11 is 0. The molecule has 0 aromatic heterocycles. The molecule has 17 heavy (non-hydrogen) atoms. The Morgan fingerprint density at radius 3 is 2.41 bits per heavy atom. The number of nitrogens with zero attached hydrogens (tertiary/aromatic N) is 1. The van der Waals surface area contributed by atoms with Gasteiger partial charge in [-0.3, -0.25) is 9.69 Å². The zero-order valence-electron chi connectivity index (χ0n) is 9.52. The number of carbonyl (C=O) groups excluding carboxylic acids is 2. The molecule has 6 heteroatoms. The fourth-order valence-corrected chi connectivity index (χ4v) is 2.41. The van der Waals surface area contributed by atoms with Crippen LogP contribution in [0.2, 0.25) is 0 Å². The van der Waals surface area contributed by atoms with E-state index >= 15 is 0 Å². The third kappa shape index (κ3) is 1.90. The fourth-order valence-electron chi connectivity index (χ4n) is 2.41. The van der Waals surface area contributed by atoms with Crippen LogP contribution in [-0.2, 0) is 9.59 Å². The highest BCUT2D eigenvalue weighted by atomic mass is 16.4. The van der Waals surface area contributed by atoms with Gasteiger partial charge in [0.15, 0.2) is 0 Å². The van der Waals surface area contributed by atoms with Gasteiger partial charge in [0.05, 0.1) is 0 Å². The highest BCUT2D eigenvalue weighted by molar-refractivity contribution is 6.06. The smallest absolute Gasteiger partial charge is 0.328 e. The number of hydrogen-bond acceptors (Lipinski definition) is 3. The lowest BCUT2D eigenvalue weighted by Crippen LogP contribution is -2.48. The summed E-state index contributed by atoms with van der Waals surface area (Å²) in [5.74, 6) is -1.17. The van der Waals surface area contributed by atoms with Crippen molar-refractivity contribution >= 4 is 17.9 Å². The van der Waals surface area contributed by atoms with Gasteiger partial charge in [-0.15, -0.1) is 0 Å². The lowest BCUT2D eigenvalue weighted by atomic mass is 9.79. The topological polar surface area (TPSA) is 86.7 Å². The predicted molar refractivity (Wildman–Crippen MR) is 58.2 cm³/mol. The summed E-state index contributed by atoms with van der Waals surface area (Å²) in [4.78, 5) is 34.9. The lowest BCUT2D eigenvalue weighted by Gasteiger charge is -2.31. The van der Waals surface area contributed by atoms with Crippen LogP contribution in [0.25, 0.3) is 0 Å². The van der Waals surface area contributed by atoms with Gasteiger partial charge in [0.2, 0.25) is 0 Å². The first-order valence-electron chi connectivity index (χ1n) is 5.47. The molecule has 1 aliphatic heterocycles. The molecule has 0 bridgehead atoms. The normalized spacial score (nSPS) is 28.5. The Morgan fingerprint density at radius 1 is 1.41 bits per heavy atom. The number of imide groups is 1. The number of likely N-dealkylation sites (N-methyl/N-ethyl adjacent to an activating group) is 1. The zero-order chi connectivity index (χ0) is 12.6. The first kappa shape index (κ1) is 11.6. The van der Waals surface area contributed by atoms with E-state index in [-0.39, 0.29) is 11.9 Å². The first-order chi connectivity index (χ1) is 7.94. The van der Waals surface area contributed by atoms with Crippen molar-refractivity contribution in [2.45, 2.75) is 31.2 Å². The van der Waals surface area contributed by atoms with Crippen molar-refractivity contribution in [2.75, 3.05) is 7.05 Å². The molecule has 1 spiro atoms. The summed E-state index contributed by atoms with van der Waals surface area (Å²) in [5.41, 5.74) is 0.0153. The van der Waals surface area contributed by atoms with Gasteiger partial charge in [0, 0.05) is 13.1 Å². The summed E-state index contributed by atoms with van der Waals surface area (Å²) in [5, 5.41) is 11.3. The van der Waals surface area contributed by atoms with E-state index in [0.717, 1.165) is 10.5 Å². The molecule has 0 unspecified atom stereocenters. The standard InChI is InChI=1S/C11H14N2O4/c1-13-9(16)11(12-10(13)17)4-2-7(3-5-11)6-8(14)15/h6H,2-5H2,1H3,(H,12,17)(H,14,15). The summed E-state index contributed by atoms with van der Waals surface area (Å²) in [6, 6.07) is -0.374. The number of carbonyl (C=O) groups is 3.